The maximum Gasteiger partial charge on any atom is 0.260 e. The van der Waals surface area contributed by atoms with E-state index in [0.717, 1.165) is 11.1 Å². The number of thiophene rings is 1. The van der Waals surface area contributed by atoms with Crippen molar-refractivity contribution in [1.29, 1.82) is 0 Å². The number of anilines is 1. The Bertz CT molecular complexity index is 1190. The summed E-state index contributed by atoms with van der Waals surface area (Å²) < 4.78 is 20.9. The molecule has 0 atom stereocenters. The molecule has 0 saturated carbocycles. The van der Waals surface area contributed by atoms with Crippen LogP contribution in [0.15, 0.2) is 59.7 Å². The van der Waals surface area contributed by atoms with Gasteiger partial charge in [0, 0.05) is 26.8 Å². The summed E-state index contributed by atoms with van der Waals surface area (Å²) in [6, 6.07) is 12.6. The van der Waals surface area contributed by atoms with Crippen molar-refractivity contribution in [1.82, 2.24) is 0 Å². The van der Waals surface area contributed by atoms with Crippen molar-refractivity contribution < 1.29 is 13.9 Å². The van der Waals surface area contributed by atoms with Crippen molar-refractivity contribution in [3.63, 3.8) is 0 Å². The first kappa shape index (κ1) is 16.3. The molecule has 3 heterocycles. The van der Waals surface area contributed by atoms with Gasteiger partial charge in [0.05, 0.1) is 11.3 Å². The average molecular weight is 377 g/mol. The molecule has 1 aromatic heterocycles. The van der Waals surface area contributed by atoms with E-state index in [2.05, 4.69) is 22.8 Å². The second-order valence-electron chi connectivity index (χ2n) is 7.20. The first-order valence-electron chi connectivity index (χ1n) is 8.67. The predicted octanol–water partition coefficient (Wildman–Crippen LogP) is 5.60. The first-order chi connectivity index (χ1) is 12.9. The Kier molecular flexibility index (Phi) is 3.34. The quantitative estimate of drug-likeness (QED) is 0.561. The van der Waals surface area contributed by atoms with Gasteiger partial charge in [0.15, 0.2) is 0 Å². The van der Waals surface area contributed by atoms with Gasteiger partial charge < -0.3 is 10.1 Å². The van der Waals surface area contributed by atoms with Crippen molar-refractivity contribution in [2.75, 3.05) is 5.32 Å². The highest BCUT2D eigenvalue weighted by atomic mass is 32.1. The van der Waals surface area contributed by atoms with Crippen molar-refractivity contribution in [2.24, 2.45) is 0 Å². The van der Waals surface area contributed by atoms with Gasteiger partial charge in [-0.15, -0.1) is 11.3 Å². The van der Waals surface area contributed by atoms with Crippen molar-refractivity contribution in [3.05, 3.63) is 76.6 Å². The average Bonchev–Trinajstić information content (AvgIpc) is 3.26. The highest BCUT2D eigenvalue weighted by molar-refractivity contribution is 7.17. The Morgan fingerprint density at radius 1 is 1.11 bits per heavy atom. The Balaban J connectivity index is 1.70. The molecule has 0 aliphatic carbocycles. The lowest BCUT2D eigenvalue weighted by Crippen LogP contribution is -2.21. The van der Waals surface area contributed by atoms with Gasteiger partial charge in [-0.2, -0.15) is 0 Å². The zero-order valence-corrected chi connectivity index (χ0v) is 15.6. The van der Waals surface area contributed by atoms with Gasteiger partial charge >= 0.3 is 0 Å². The number of hydrogen-bond donors (Lipinski definition) is 1. The van der Waals surface area contributed by atoms with Gasteiger partial charge in [0.1, 0.15) is 17.2 Å². The summed E-state index contributed by atoms with van der Waals surface area (Å²) in [7, 11) is 0. The SMILES string of the molecule is CC1(C)OC(=C2C(=O)Nc3cc(F)ccc32)C=C1c1csc2ccccc12. The molecular weight excluding hydrogens is 361 g/mol. The van der Waals surface area contributed by atoms with Gasteiger partial charge in [-0.05, 0) is 49.6 Å². The van der Waals surface area contributed by atoms with Crippen LogP contribution in [0.5, 0.6) is 0 Å². The lowest BCUT2D eigenvalue weighted by Gasteiger charge is -2.23. The minimum Gasteiger partial charge on any atom is -0.482 e. The summed E-state index contributed by atoms with van der Waals surface area (Å²) >= 11 is 1.69. The summed E-state index contributed by atoms with van der Waals surface area (Å²) in [5, 5.41) is 6.04. The molecule has 1 amide bonds. The normalized spacial score (nSPS) is 20.4. The molecule has 0 radical (unpaired) electrons. The number of benzene rings is 2. The zero-order chi connectivity index (χ0) is 18.8. The molecule has 2 aliphatic rings. The highest BCUT2D eigenvalue weighted by Crippen LogP contribution is 2.46. The summed E-state index contributed by atoms with van der Waals surface area (Å²) in [5.41, 5.74) is 3.17. The number of amides is 1. The molecule has 0 saturated heterocycles. The molecule has 0 bridgehead atoms. The van der Waals surface area contributed by atoms with E-state index in [1.807, 2.05) is 32.1 Å². The summed E-state index contributed by atoms with van der Waals surface area (Å²) in [4.78, 5) is 12.5. The molecule has 3 aromatic rings. The largest absolute Gasteiger partial charge is 0.482 e. The van der Waals surface area contributed by atoms with Gasteiger partial charge in [-0.1, -0.05) is 18.2 Å². The van der Waals surface area contributed by atoms with Crippen LogP contribution < -0.4 is 5.32 Å². The number of halogens is 1. The van der Waals surface area contributed by atoms with E-state index < -0.39 is 5.60 Å². The van der Waals surface area contributed by atoms with Crippen LogP contribution >= 0.6 is 11.3 Å². The molecular formula is C22H16FNO2S. The van der Waals surface area contributed by atoms with Crippen LogP contribution in [0.1, 0.15) is 25.0 Å². The van der Waals surface area contributed by atoms with Crippen LogP contribution in [0.25, 0.3) is 21.2 Å². The first-order valence-corrected chi connectivity index (χ1v) is 9.55. The van der Waals surface area contributed by atoms with Crippen LogP contribution in [0.2, 0.25) is 0 Å². The van der Waals surface area contributed by atoms with Crippen LogP contribution in [0.3, 0.4) is 0 Å². The van der Waals surface area contributed by atoms with E-state index in [9.17, 15) is 9.18 Å². The molecule has 0 fully saturated rings. The van der Waals surface area contributed by atoms with E-state index in [0.29, 0.717) is 22.6 Å². The fourth-order valence-corrected chi connectivity index (χ4v) is 4.73. The zero-order valence-electron chi connectivity index (χ0n) is 14.8. The molecule has 5 heteroatoms. The number of allylic oxidation sites excluding steroid dienone is 1. The van der Waals surface area contributed by atoms with Crippen LogP contribution in [-0.2, 0) is 9.53 Å². The maximum atomic E-state index is 13.5. The Labute approximate surface area is 159 Å². The summed E-state index contributed by atoms with van der Waals surface area (Å²) in [6.07, 6.45) is 1.95. The van der Waals surface area contributed by atoms with E-state index in [1.165, 1.54) is 22.2 Å². The van der Waals surface area contributed by atoms with Crippen LogP contribution in [-0.4, -0.2) is 11.5 Å². The van der Waals surface area contributed by atoms with Gasteiger partial charge in [-0.3, -0.25) is 4.79 Å². The Hall–Kier alpha value is -2.92. The van der Waals surface area contributed by atoms with E-state index in [4.69, 9.17) is 4.74 Å². The maximum absolute atomic E-state index is 13.5. The third-order valence-corrected chi connectivity index (χ3v) is 6.00. The molecule has 3 nitrogen and oxygen atoms in total. The standard InChI is InChI=1S/C22H16FNO2S/c1-22(2)16(15-11-27-19-6-4-3-5-13(15)19)10-18(26-22)20-14-8-7-12(23)9-17(14)24-21(20)25/h3-11H,1-2H3,(H,24,25). The van der Waals surface area contributed by atoms with Crippen LogP contribution in [0.4, 0.5) is 10.1 Å². The predicted molar refractivity (Wildman–Crippen MR) is 107 cm³/mol. The monoisotopic (exact) mass is 377 g/mol. The molecule has 1 N–H and O–H groups in total. The third-order valence-electron chi connectivity index (χ3n) is 5.03. The topological polar surface area (TPSA) is 38.3 Å². The fourth-order valence-electron chi connectivity index (χ4n) is 3.77. The summed E-state index contributed by atoms with van der Waals surface area (Å²) in [6.45, 7) is 3.99. The third kappa shape index (κ3) is 2.42. The molecule has 5 rings (SSSR count). The van der Waals surface area contributed by atoms with Crippen LogP contribution in [0, 0.1) is 5.82 Å². The lowest BCUT2D eigenvalue weighted by atomic mass is 9.92. The number of hydrogen-bond acceptors (Lipinski definition) is 3. The van der Waals surface area contributed by atoms with Crippen molar-refractivity contribution >= 4 is 44.2 Å². The second-order valence-corrected chi connectivity index (χ2v) is 8.11. The minimum atomic E-state index is -0.574. The number of fused-ring (bicyclic) bond motifs is 2. The number of carbonyl (C=O) groups is 1. The molecule has 134 valence electrons. The molecule has 2 aliphatic heterocycles. The Morgan fingerprint density at radius 3 is 2.78 bits per heavy atom. The molecule has 0 unspecified atom stereocenters. The van der Waals surface area contributed by atoms with E-state index in [1.54, 1.807) is 17.4 Å². The van der Waals surface area contributed by atoms with Crippen molar-refractivity contribution in [3.8, 4) is 0 Å². The number of nitrogens with one attached hydrogen (secondary N) is 1. The Morgan fingerprint density at radius 2 is 1.93 bits per heavy atom. The lowest BCUT2D eigenvalue weighted by molar-refractivity contribution is -0.111. The molecule has 2 aromatic carbocycles. The fraction of sp³-hybridized carbons (Fsp3) is 0.136. The smallest absolute Gasteiger partial charge is 0.260 e. The minimum absolute atomic E-state index is 0.269. The summed E-state index contributed by atoms with van der Waals surface area (Å²) in [5.74, 6) is -0.129. The highest BCUT2D eigenvalue weighted by Gasteiger charge is 2.38. The number of rotatable bonds is 1. The van der Waals surface area contributed by atoms with Gasteiger partial charge in [0.25, 0.3) is 5.91 Å². The number of carbonyl (C=O) groups excluding carboxylic acids is 1. The van der Waals surface area contributed by atoms with Gasteiger partial charge in [0.2, 0.25) is 0 Å². The van der Waals surface area contributed by atoms with E-state index in [-0.39, 0.29) is 11.7 Å². The van der Waals surface area contributed by atoms with Crippen molar-refractivity contribution in [2.45, 2.75) is 19.4 Å². The second kappa shape index (κ2) is 5.54. The van der Waals surface area contributed by atoms with Gasteiger partial charge in [-0.25, -0.2) is 4.39 Å². The number of ether oxygens (including phenoxy) is 1. The molecule has 0 spiro atoms. The van der Waals surface area contributed by atoms with E-state index >= 15 is 0 Å². The molecule has 27 heavy (non-hydrogen) atoms.